The van der Waals surface area contributed by atoms with Gasteiger partial charge in [-0.2, -0.15) is 5.10 Å². The van der Waals surface area contributed by atoms with Crippen LogP contribution in [0.25, 0.3) is 11.0 Å². The molecule has 0 radical (unpaired) electrons. The zero-order valence-corrected chi connectivity index (χ0v) is 17.6. The molecule has 31 heavy (non-hydrogen) atoms. The van der Waals surface area contributed by atoms with E-state index in [4.69, 9.17) is 21.1 Å². The van der Waals surface area contributed by atoms with E-state index in [0.29, 0.717) is 23.3 Å². The van der Waals surface area contributed by atoms with Gasteiger partial charge in [0.25, 0.3) is 0 Å². The molecule has 2 heterocycles. The number of benzene rings is 2. The van der Waals surface area contributed by atoms with Crippen LogP contribution in [0, 0.1) is 0 Å². The average molecular weight is 437 g/mol. The molecule has 158 valence electrons. The number of fused-ring (bicyclic) bond motifs is 1. The van der Waals surface area contributed by atoms with Crippen molar-refractivity contribution in [1.82, 2.24) is 14.8 Å². The summed E-state index contributed by atoms with van der Waals surface area (Å²) in [5.74, 6) is 0.250. The first kappa shape index (κ1) is 20.7. The first-order valence-electron chi connectivity index (χ1n) is 9.86. The van der Waals surface area contributed by atoms with Gasteiger partial charge in [-0.15, -0.1) is 11.6 Å². The number of pyridine rings is 1. The number of aromatic nitrogens is 3. The van der Waals surface area contributed by atoms with Crippen molar-refractivity contribution in [3.8, 4) is 5.75 Å². The SMILES string of the molecule is CCOC(=O)Oc1cnc2c(cnn2CC(Cl)c2ccccc2)c1Nc1ccccc1. The highest BCUT2D eigenvalue weighted by Gasteiger charge is 2.19. The highest BCUT2D eigenvalue weighted by Crippen LogP contribution is 2.35. The molecule has 8 heteroatoms. The second-order valence-electron chi connectivity index (χ2n) is 6.72. The van der Waals surface area contributed by atoms with E-state index in [9.17, 15) is 4.79 Å². The molecule has 1 unspecified atom stereocenters. The summed E-state index contributed by atoms with van der Waals surface area (Å²) < 4.78 is 12.0. The van der Waals surface area contributed by atoms with Crippen LogP contribution in [0.1, 0.15) is 17.9 Å². The fourth-order valence-corrected chi connectivity index (χ4v) is 3.45. The summed E-state index contributed by atoms with van der Waals surface area (Å²) in [6.07, 6.45) is 2.37. The lowest BCUT2D eigenvalue weighted by Gasteiger charge is -2.14. The van der Waals surface area contributed by atoms with Gasteiger partial charge in [0.15, 0.2) is 11.4 Å². The molecule has 0 bridgehead atoms. The van der Waals surface area contributed by atoms with E-state index in [1.807, 2.05) is 60.7 Å². The number of halogens is 1. The molecule has 0 spiro atoms. The monoisotopic (exact) mass is 436 g/mol. The van der Waals surface area contributed by atoms with Crippen molar-refractivity contribution in [2.75, 3.05) is 11.9 Å². The highest BCUT2D eigenvalue weighted by atomic mass is 35.5. The van der Waals surface area contributed by atoms with Gasteiger partial charge in [-0.1, -0.05) is 48.5 Å². The zero-order valence-electron chi connectivity index (χ0n) is 16.9. The Morgan fingerprint density at radius 1 is 1.10 bits per heavy atom. The number of nitrogens with zero attached hydrogens (tertiary/aromatic N) is 3. The molecule has 0 aliphatic carbocycles. The highest BCUT2D eigenvalue weighted by molar-refractivity contribution is 6.20. The van der Waals surface area contributed by atoms with Crippen LogP contribution in [0.4, 0.5) is 16.2 Å². The molecule has 2 aromatic heterocycles. The maximum absolute atomic E-state index is 11.9. The Morgan fingerprint density at radius 3 is 2.52 bits per heavy atom. The van der Waals surface area contributed by atoms with Gasteiger partial charge < -0.3 is 14.8 Å². The summed E-state index contributed by atoms with van der Waals surface area (Å²) >= 11 is 6.61. The van der Waals surface area contributed by atoms with Gasteiger partial charge in [0, 0.05) is 5.69 Å². The molecule has 2 aromatic carbocycles. The van der Waals surface area contributed by atoms with Crippen LogP contribution in [-0.4, -0.2) is 27.5 Å². The molecular formula is C23H21ClN4O3. The van der Waals surface area contributed by atoms with E-state index in [2.05, 4.69) is 15.4 Å². The summed E-state index contributed by atoms with van der Waals surface area (Å²) in [5.41, 5.74) is 3.02. The van der Waals surface area contributed by atoms with Crippen molar-refractivity contribution in [3.63, 3.8) is 0 Å². The van der Waals surface area contributed by atoms with Crippen molar-refractivity contribution in [2.24, 2.45) is 0 Å². The van der Waals surface area contributed by atoms with Gasteiger partial charge in [0.05, 0.1) is 42.0 Å². The van der Waals surface area contributed by atoms with Crippen molar-refractivity contribution in [3.05, 3.63) is 78.6 Å². The minimum absolute atomic E-state index is 0.213. The Balaban J connectivity index is 1.70. The molecule has 0 fully saturated rings. The van der Waals surface area contributed by atoms with Crippen molar-refractivity contribution in [2.45, 2.75) is 18.8 Å². The number of ether oxygens (including phenoxy) is 2. The lowest BCUT2D eigenvalue weighted by molar-refractivity contribution is 0.104. The normalized spacial score (nSPS) is 11.8. The Kier molecular flexibility index (Phi) is 6.33. The number of nitrogens with one attached hydrogen (secondary N) is 1. The Hall–Kier alpha value is -3.58. The molecule has 1 atom stereocenters. The predicted molar refractivity (Wildman–Crippen MR) is 120 cm³/mol. The minimum Gasteiger partial charge on any atom is -0.434 e. The third-order valence-electron chi connectivity index (χ3n) is 4.62. The van der Waals surface area contributed by atoms with Crippen LogP contribution in [0.15, 0.2) is 73.1 Å². The van der Waals surface area contributed by atoms with E-state index in [1.54, 1.807) is 17.8 Å². The average Bonchev–Trinajstić information content (AvgIpc) is 3.20. The van der Waals surface area contributed by atoms with Crippen LogP contribution in [0.5, 0.6) is 5.75 Å². The standard InChI is InChI=1S/C23H21ClN4O3/c1-2-30-23(29)31-20-14-25-22-18(21(20)27-17-11-7-4-8-12-17)13-26-28(22)15-19(24)16-9-5-3-6-10-16/h3-14,19H,2,15H2,1H3,(H,25,27). The summed E-state index contributed by atoms with van der Waals surface area (Å²) in [4.78, 5) is 16.4. The molecule has 0 saturated heterocycles. The number of para-hydroxylation sites is 1. The van der Waals surface area contributed by atoms with Gasteiger partial charge in [0.2, 0.25) is 0 Å². The van der Waals surface area contributed by atoms with Gasteiger partial charge in [0.1, 0.15) is 0 Å². The lowest BCUT2D eigenvalue weighted by Crippen LogP contribution is -2.12. The smallest absolute Gasteiger partial charge is 0.434 e. The van der Waals surface area contributed by atoms with Crippen molar-refractivity contribution < 1.29 is 14.3 Å². The summed E-state index contributed by atoms with van der Waals surface area (Å²) in [7, 11) is 0. The number of alkyl halides is 1. The third-order valence-corrected chi connectivity index (χ3v) is 5.01. The molecule has 7 nitrogen and oxygen atoms in total. The second-order valence-corrected chi connectivity index (χ2v) is 7.24. The van der Waals surface area contributed by atoms with Gasteiger partial charge in [-0.3, -0.25) is 0 Å². The van der Waals surface area contributed by atoms with E-state index in [0.717, 1.165) is 11.3 Å². The number of hydrogen-bond donors (Lipinski definition) is 1. The zero-order chi connectivity index (χ0) is 21.6. The number of carbonyl (C=O) groups is 1. The van der Waals surface area contributed by atoms with Crippen LogP contribution in [0.2, 0.25) is 0 Å². The van der Waals surface area contributed by atoms with Crippen LogP contribution in [-0.2, 0) is 11.3 Å². The van der Waals surface area contributed by atoms with Gasteiger partial charge >= 0.3 is 6.16 Å². The first-order chi connectivity index (χ1) is 15.2. The number of carbonyl (C=O) groups excluding carboxylic acids is 1. The van der Waals surface area contributed by atoms with E-state index < -0.39 is 6.16 Å². The molecule has 0 aliphatic rings. The fraction of sp³-hybridized carbons (Fsp3) is 0.174. The van der Waals surface area contributed by atoms with Crippen molar-refractivity contribution in [1.29, 1.82) is 0 Å². The maximum atomic E-state index is 11.9. The molecular weight excluding hydrogens is 416 g/mol. The Bertz CT molecular complexity index is 1170. The quantitative estimate of drug-likeness (QED) is 0.296. The van der Waals surface area contributed by atoms with Crippen molar-refractivity contribution >= 4 is 40.2 Å². The molecule has 1 N–H and O–H groups in total. The van der Waals surface area contributed by atoms with Crippen LogP contribution < -0.4 is 10.1 Å². The molecule has 4 rings (SSSR count). The fourth-order valence-electron chi connectivity index (χ4n) is 3.17. The third kappa shape index (κ3) is 4.78. The molecule has 0 amide bonds. The molecule has 0 saturated carbocycles. The van der Waals surface area contributed by atoms with Gasteiger partial charge in [-0.05, 0) is 24.6 Å². The first-order valence-corrected chi connectivity index (χ1v) is 10.3. The molecule has 4 aromatic rings. The lowest BCUT2D eigenvalue weighted by atomic mass is 10.1. The van der Waals surface area contributed by atoms with Gasteiger partial charge in [-0.25, -0.2) is 14.5 Å². The summed E-state index contributed by atoms with van der Waals surface area (Å²) in [6.45, 7) is 2.36. The van der Waals surface area contributed by atoms with E-state index >= 15 is 0 Å². The topological polar surface area (TPSA) is 78.3 Å². The number of hydrogen-bond acceptors (Lipinski definition) is 6. The summed E-state index contributed by atoms with van der Waals surface area (Å²) in [5, 5.41) is 8.21. The van der Waals surface area contributed by atoms with Crippen LogP contribution >= 0.6 is 11.6 Å². The number of anilines is 2. The predicted octanol–water partition coefficient (Wildman–Crippen LogP) is 5.69. The minimum atomic E-state index is -0.794. The van der Waals surface area contributed by atoms with E-state index in [1.165, 1.54) is 6.20 Å². The Morgan fingerprint density at radius 2 is 1.81 bits per heavy atom. The van der Waals surface area contributed by atoms with Crippen LogP contribution in [0.3, 0.4) is 0 Å². The van der Waals surface area contributed by atoms with E-state index in [-0.39, 0.29) is 17.7 Å². The largest absolute Gasteiger partial charge is 0.513 e. The summed E-state index contributed by atoms with van der Waals surface area (Å²) in [6, 6.07) is 19.4. The Labute approximate surface area is 184 Å². The number of rotatable bonds is 7. The second kappa shape index (κ2) is 9.49. The maximum Gasteiger partial charge on any atom is 0.513 e. The molecule has 0 aliphatic heterocycles.